The van der Waals surface area contributed by atoms with Crippen LogP contribution in [0.2, 0.25) is 0 Å². The number of carbonyl (C=O) groups excluding carboxylic acids is 1. The largest absolute Gasteiger partial charge is 0.377 e. The number of aryl methyl sites for hydroxylation is 1. The van der Waals surface area contributed by atoms with Gasteiger partial charge in [-0.05, 0) is 50.0 Å². The van der Waals surface area contributed by atoms with E-state index in [1.807, 2.05) is 32.3 Å². The van der Waals surface area contributed by atoms with Gasteiger partial charge in [-0.3, -0.25) is 4.79 Å². The number of hydrogen-bond acceptors (Lipinski definition) is 3. The third-order valence-electron chi connectivity index (χ3n) is 3.61. The van der Waals surface area contributed by atoms with Gasteiger partial charge in [-0.2, -0.15) is 0 Å². The lowest BCUT2D eigenvalue weighted by Gasteiger charge is -2.17. The topological polar surface area (TPSA) is 44.4 Å². The monoisotopic (exact) mass is 261 g/mol. The maximum Gasteiger partial charge on any atom is 0.224 e. The summed E-state index contributed by atoms with van der Waals surface area (Å²) in [4.78, 5) is 14.0. The highest BCUT2D eigenvalue weighted by Crippen LogP contribution is 2.23. The Morgan fingerprint density at radius 2 is 2.26 bits per heavy atom. The van der Waals surface area contributed by atoms with Gasteiger partial charge in [-0.25, -0.2) is 0 Å². The Labute approximate surface area is 115 Å². The molecule has 1 aromatic carbocycles. The minimum atomic E-state index is 0.113. The smallest absolute Gasteiger partial charge is 0.224 e. The van der Waals surface area contributed by atoms with Crippen molar-refractivity contribution >= 4 is 17.3 Å². The van der Waals surface area contributed by atoms with Crippen LogP contribution in [-0.4, -0.2) is 33.1 Å². The van der Waals surface area contributed by atoms with Crippen LogP contribution in [-0.2, 0) is 4.79 Å². The zero-order valence-corrected chi connectivity index (χ0v) is 12.0. The van der Waals surface area contributed by atoms with E-state index in [0.717, 1.165) is 30.9 Å². The summed E-state index contributed by atoms with van der Waals surface area (Å²) in [6.45, 7) is 4.07. The summed E-state index contributed by atoms with van der Waals surface area (Å²) >= 11 is 0. The molecule has 1 saturated heterocycles. The second kappa shape index (κ2) is 6.06. The van der Waals surface area contributed by atoms with Crippen LogP contribution < -0.4 is 15.5 Å². The van der Waals surface area contributed by atoms with E-state index in [4.69, 9.17) is 0 Å². The molecule has 0 radical (unpaired) electrons. The van der Waals surface area contributed by atoms with Crippen molar-refractivity contribution in [2.45, 2.75) is 19.8 Å². The second-order valence-corrected chi connectivity index (χ2v) is 5.51. The van der Waals surface area contributed by atoms with Crippen LogP contribution in [0.25, 0.3) is 0 Å². The molecule has 1 fully saturated rings. The third kappa shape index (κ3) is 3.70. The first-order valence-corrected chi connectivity index (χ1v) is 6.85. The van der Waals surface area contributed by atoms with Crippen molar-refractivity contribution in [2.24, 2.45) is 5.92 Å². The van der Waals surface area contributed by atoms with Crippen molar-refractivity contribution in [1.29, 1.82) is 0 Å². The van der Waals surface area contributed by atoms with Crippen molar-refractivity contribution in [3.8, 4) is 0 Å². The highest BCUT2D eigenvalue weighted by Gasteiger charge is 2.18. The van der Waals surface area contributed by atoms with Crippen molar-refractivity contribution in [1.82, 2.24) is 5.32 Å². The SMILES string of the molecule is Cc1ccc(NC(=O)CC2CCNC2)cc1N(C)C. The lowest BCUT2D eigenvalue weighted by Crippen LogP contribution is -2.18. The fraction of sp³-hybridized carbons (Fsp3) is 0.533. The summed E-state index contributed by atoms with van der Waals surface area (Å²) in [5.74, 6) is 0.598. The molecule has 19 heavy (non-hydrogen) atoms. The van der Waals surface area contributed by atoms with Crippen LogP contribution in [0.1, 0.15) is 18.4 Å². The summed E-state index contributed by atoms with van der Waals surface area (Å²) in [5, 5.41) is 6.28. The predicted octanol–water partition coefficient (Wildman–Crippen LogP) is 2.00. The maximum absolute atomic E-state index is 12.0. The van der Waals surface area contributed by atoms with E-state index in [1.165, 1.54) is 5.56 Å². The summed E-state index contributed by atoms with van der Waals surface area (Å²) < 4.78 is 0. The average molecular weight is 261 g/mol. The van der Waals surface area contributed by atoms with E-state index >= 15 is 0 Å². The van der Waals surface area contributed by atoms with Gasteiger partial charge in [0.05, 0.1) is 0 Å². The molecule has 2 rings (SSSR count). The van der Waals surface area contributed by atoms with E-state index in [9.17, 15) is 4.79 Å². The van der Waals surface area contributed by atoms with Gasteiger partial charge < -0.3 is 15.5 Å². The van der Waals surface area contributed by atoms with Crippen LogP contribution in [0, 0.1) is 12.8 Å². The van der Waals surface area contributed by atoms with Gasteiger partial charge in [-0.1, -0.05) is 6.07 Å². The highest BCUT2D eigenvalue weighted by molar-refractivity contribution is 5.91. The molecule has 4 nitrogen and oxygen atoms in total. The van der Waals surface area contributed by atoms with Crippen LogP contribution in [0.15, 0.2) is 18.2 Å². The molecule has 1 aliphatic rings. The quantitative estimate of drug-likeness (QED) is 0.871. The van der Waals surface area contributed by atoms with Gasteiger partial charge in [-0.15, -0.1) is 0 Å². The molecule has 2 N–H and O–H groups in total. The number of rotatable bonds is 4. The molecule has 104 valence electrons. The molecule has 0 bridgehead atoms. The van der Waals surface area contributed by atoms with Crippen molar-refractivity contribution in [2.75, 3.05) is 37.4 Å². The van der Waals surface area contributed by atoms with Crippen molar-refractivity contribution in [3.05, 3.63) is 23.8 Å². The lowest BCUT2D eigenvalue weighted by molar-refractivity contribution is -0.116. The first-order valence-electron chi connectivity index (χ1n) is 6.85. The van der Waals surface area contributed by atoms with Crippen LogP contribution in [0.3, 0.4) is 0 Å². The van der Waals surface area contributed by atoms with Gasteiger partial charge in [0, 0.05) is 31.9 Å². The molecule has 1 atom stereocenters. The van der Waals surface area contributed by atoms with E-state index in [2.05, 4.69) is 22.5 Å². The number of nitrogens with one attached hydrogen (secondary N) is 2. The van der Waals surface area contributed by atoms with E-state index in [1.54, 1.807) is 0 Å². The maximum atomic E-state index is 12.0. The van der Waals surface area contributed by atoms with Crippen molar-refractivity contribution in [3.63, 3.8) is 0 Å². The summed E-state index contributed by atoms with van der Waals surface area (Å²) in [6, 6.07) is 6.04. The van der Waals surface area contributed by atoms with Crippen LogP contribution in [0.4, 0.5) is 11.4 Å². The molecule has 0 spiro atoms. The number of benzene rings is 1. The number of amides is 1. The molecule has 4 heteroatoms. The fourth-order valence-electron chi connectivity index (χ4n) is 2.53. The Kier molecular flexibility index (Phi) is 4.43. The predicted molar refractivity (Wildman–Crippen MR) is 79.7 cm³/mol. The number of carbonyl (C=O) groups is 1. The van der Waals surface area contributed by atoms with E-state index < -0.39 is 0 Å². The van der Waals surface area contributed by atoms with Crippen molar-refractivity contribution < 1.29 is 4.79 Å². The molecule has 1 aliphatic heterocycles. The van der Waals surface area contributed by atoms with Gasteiger partial charge in [0.15, 0.2) is 0 Å². The highest BCUT2D eigenvalue weighted by atomic mass is 16.1. The number of nitrogens with zero attached hydrogens (tertiary/aromatic N) is 1. The van der Waals surface area contributed by atoms with E-state index in [0.29, 0.717) is 12.3 Å². The Morgan fingerprint density at radius 1 is 1.47 bits per heavy atom. The van der Waals surface area contributed by atoms with E-state index in [-0.39, 0.29) is 5.91 Å². The van der Waals surface area contributed by atoms with Crippen LogP contribution in [0.5, 0.6) is 0 Å². The zero-order valence-electron chi connectivity index (χ0n) is 12.0. The fourth-order valence-corrected chi connectivity index (χ4v) is 2.53. The zero-order chi connectivity index (χ0) is 13.8. The normalized spacial score (nSPS) is 18.4. The molecule has 0 aromatic heterocycles. The van der Waals surface area contributed by atoms with Gasteiger partial charge >= 0.3 is 0 Å². The Bertz CT molecular complexity index is 451. The Balaban J connectivity index is 1.98. The third-order valence-corrected chi connectivity index (χ3v) is 3.61. The summed E-state index contributed by atoms with van der Waals surface area (Å²) in [6.07, 6.45) is 1.71. The molecule has 1 heterocycles. The average Bonchev–Trinajstić information content (AvgIpc) is 2.84. The Morgan fingerprint density at radius 3 is 2.89 bits per heavy atom. The molecule has 1 amide bonds. The molecular formula is C15H23N3O. The summed E-state index contributed by atoms with van der Waals surface area (Å²) in [7, 11) is 4.02. The Hall–Kier alpha value is -1.55. The molecule has 1 aromatic rings. The number of hydrogen-bond donors (Lipinski definition) is 2. The first kappa shape index (κ1) is 13.9. The van der Waals surface area contributed by atoms with Gasteiger partial charge in [0.25, 0.3) is 0 Å². The minimum Gasteiger partial charge on any atom is -0.377 e. The van der Waals surface area contributed by atoms with Gasteiger partial charge in [0.1, 0.15) is 0 Å². The molecular weight excluding hydrogens is 238 g/mol. The van der Waals surface area contributed by atoms with Crippen LogP contribution >= 0.6 is 0 Å². The van der Waals surface area contributed by atoms with Gasteiger partial charge in [0.2, 0.25) is 5.91 Å². The summed E-state index contributed by atoms with van der Waals surface area (Å²) in [5.41, 5.74) is 3.23. The molecule has 0 saturated carbocycles. The first-order chi connectivity index (χ1) is 9.06. The molecule has 0 aliphatic carbocycles. The molecule has 1 unspecified atom stereocenters. The number of anilines is 2. The standard InChI is InChI=1S/C15H23N3O/c1-11-4-5-13(9-14(11)18(2)3)17-15(19)8-12-6-7-16-10-12/h4-5,9,12,16H,6-8,10H2,1-3H3,(H,17,19). The minimum absolute atomic E-state index is 0.113. The second-order valence-electron chi connectivity index (χ2n) is 5.51. The lowest BCUT2D eigenvalue weighted by atomic mass is 10.0.